The van der Waals surface area contributed by atoms with Gasteiger partial charge < -0.3 is 14.9 Å². The number of hydrazone groups is 1. The summed E-state index contributed by atoms with van der Waals surface area (Å²) in [5.41, 5.74) is 3.82. The van der Waals surface area contributed by atoms with Crippen LogP contribution >= 0.6 is 15.9 Å². The van der Waals surface area contributed by atoms with Crippen LogP contribution in [0.3, 0.4) is 0 Å². The molecule has 0 aliphatic heterocycles. The Bertz CT molecular complexity index is 892. The number of aromatic hydroxyl groups is 1. The summed E-state index contributed by atoms with van der Waals surface area (Å²) in [6, 6.07) is 9.70. The summed E-state index contributed by atoms with van der Waals surface area (Å²) in [5.74, 6) is -0.652. The normalized spacial score (nSPS) is 11.1. The molecule has 0 aliphatic rings. The third kappa shape index (κ3) is 5.77. The van der Waals surface area contributed by atoms with Gasteiger partial charge in [-0.25, -0.2) is 5.43 Å². The Morgan fingerprint density at radius 1 is 1.26 bits per heavy atom. The van der Waals surface area contributed by atoms with E-state index in [2.05, 4.69) is 26.5 Å². The number of amides is 1. The smallest absolute Gasteiger partial charge is 0.271 e. The second-order valence-electron chi connectivity index (χ2n) is 5.32. The SMILES string of the molecule is COc1cc(Br)cc(/C=N/NC(=O)c2ccc(/C=C/C(=O)CO)cc2)c1O. The van der Waals surface area contributed by atoms with Crippen LogP contribution < -0.4 is 10.2 Å². The number of benzene rings is 2. The lowest BCUT2D eigenvalue weighted by atomic mass is 10.1. The van der Waals surface area contributed by atoms with Crippen molar-refractivity contribution in [3.8, 4) is 11.5 Å². The van der Waals surface area contributed by atoms with Crippen LogP contribution in [0.5, 0.6) is 11.5 Å². The first kappa shape index (κ1) is 20.3. The Balaban J connectivity index is 2.04. The number of halogens is 1. The molecule has 0 atom stereocenters. The van der Waals surface area contributed by atoms with Crippen molar-refractivity contribution >= 4 is 39.9 Å². The number of hydrogen-bond donors (Lipinski definition) is 3. The topological polar surface area (TPSA) is 108 Å². The third-order valence-electron chi connectivity index (χ3n) is 3.45. The molecule has 0 heterocycles. The van der Waals surface area contributed by atoms with E-state index in [-0.39, 0.29) is 11.5 Å². The van der Waals surface area contributed by atoms with Crippen LogP contribution in [-0.4, -0.2) is 41.8 Å². The van der Waals surface area contributed by atoms with Crippen molar-refractivity contribution in [2.75, 3.05) is 13.7 Å². The molecule has 8 heteroatoms. The highest BCUT2D eigenvalue weighted by molar-refractivity contribution is 9.10. The fourth-order valence-electron chi connectivity index (χ4n) is 2.06. The molecular weight excluding hydrogens is 416 g/mol. The quantitative estimate of drug-likeness (QED) is 0.353. The van der Waals surface area contributed by atoms with Crippen LogP contribution in [0, 0.1) is 0 Å². The van der Waals surface area contributed by atoms with Crippen LogP contribution in [0.1, 0.15) is 21.5 Å². The first-order chi connectivity index (χ1) is 12.9. The summed E-state index contributed by atoms with van der Waals surface area (Å²) in [5, 5.41) is 22.5. The van der Waals surface area contributed by atoms with E-state index in [9.17, 15) is 14.7 Å². The van der Waals surface area contributed by atoms with E-state index < -0.39 is 18.3 Å². The molecule has 0 unspecified atom stereocenters. The van der Waals surface area contributed by atoms with Gasteiger partial charge in [-0.1, -0.05) is 34.1 Å². The largest absolute Gasteiger partial charge is 0.504 e. The second-order valence-corrected chi connectivity index (χ2v) is 6.24. The molecule has 3 N–H and O–H groups in total. The van der Waals surface area contributed by atoms with Crippen molar-refractivity contribution in [1.82, 2.24) is 5.43 Å². The van der Waals surface area contributed by atoms with Gasteiger partial charge in [-0.05, 0) is 35.9 Å². The van der Waals surface area contributed by atoms with Crippen molar-refractivity contribution in [2.24, 2.45) is 5.10 Å². The minimum atomic E-state index is -0.547. The average Bonchev–Trinajstić information content (AvgIpc) is 2.68. The lowest BCUT2D eigenvalue weighted by Crippen LogP contribution is -2.17. The molecular formula is C19H17BrN2O5. The number of ketones is 1. The van der Waals surface area contributed by atoms with E-state index in [1.807, 2.05) is 0 Å². The molecule has 0 aliphatic carbocycles. The maximum absolute atomic E-state index is 12.1. The van der Waals surface area contributed by atoms with Gasteiger partial charge in [0.1, 0.15) is 6.61 Å². The summed E-state index contributed by atoms with van der Waals surface area (Å²) in [6.07, 6.45) is 4.11. The monoisotopic (exact) mass is 432 g/mol. The third-order valence-corrected chi connectivity index (χ3v) is 3.91. The number of nitrogens with zero attached hydrogens (tertiary/aromatic N) is 1. The number of rotatable bonds is 7. The summed E-state index contributed by atoms with van der Waals surface area (Å²) in [7, 11) is 1.43. The molecule has 0 spiro atoms. The van der Waals surface area contributed by atoms with Crippen LogP contribution in [0.25, 0.3) is 6.08 Å². The summed E-state index contributed by atoms with van der Waals surface area (Å²) < 4.78 is 5.73. The van der Waals surface area contributed by atoms with Crippen molar-refractivity contribution < 1.29 is 24.5 Å². The summed E-state index contributed by atoms with van der Waals surface area (Å²) >= 11 is 3.30. The number of carbonyl (C=O) groups excluding carboxylic acids is 2. The van der Waals surface area contributed by atoms with E-state index in [1.165, 1.54) is 19.4 Å². The van der Waals surface area contributed by atoms with Gasteiger partial charge in [0.25, 0.3) is 5.91 Å². The zero-order chi connectivity index (χ0) is 19.8. The molecule has 2 aromatic carbocycles. The van der Waals surface area contributed by atoms with E-state index in [0.29, 0.717) is 21.2 Å². The predicted octanol–water partition coefficient (Wildman–Crippen LogP) is 2.50. The minimum absolute atomic E-state index is 0.0905. The van der Waals surface area contributed by atoms with Crippen molar-refractivity contribution in [1.29, 1.82) is 0 Å². The van der Waals surface area contributed by atoms with Gasteiger partial charge in [-0.2, -0.15) is 5.10 Å². The number of aliphatic hydroxyl groups is 1. The zero-order valence-corrected chi connectivity index (χ0v) is 15.9. The number of nitrogens with one attached hydrogen (secondary N) is 1. The van der Waals surface area contributed by atoms with Gasteiger partial charge in [-0.15, -0.1) is 0 Å². The molecule has 140 valence electrons. The summed E-state index contributed by atoms with van der Waals surface area (Å²) in [6.45, 7) is -0.547. The molecule has 2 aromatic rings. The molecule has 2 rings (SSSR count). The molecule has 1 amide bonds. The van der Waals surface area contributed by atoms with Crippen LogP contribution in [0.15, 0.2) is 52.0 Å². The van der Waals surface area contributed by atoms with Crippen LogP contribution in [0.2, 0.25) is 0 Å². The van der Waals surface area contributed by atoms with Gasteiger partial charge in [0.15, 0.2) is 17.3 Å². The van der Waals surface area contributed by atoms with E-state index >= 15 is 0 Å². The Morgan fingerprint density at radius 2 is 1.96 bits per heavy atom. The molecule has 0 radical (unpaired) electrons. The highest BCUT2D eigenvalue weighted by Crippen LogP contribution is 2.32. The molecule has 0 fully saturated rings. The van der Waals surface area contributed by atoms with Crippen molar-refractivity contribution in [3.63, 3.8) is 0 Å². The Kier molecular flexibility index (Phi) is 7.27. The maximum Gasteiger partial charge on any atom is 0.271 e. The predicted molar refractivity (Wildman–Crippen MR) is 105 cm³/mol. The molecule has 0 saturated carbocycles. The average molecular weight is 433 g/mol. The van der Waals surface area contributed by atoms with E-state index in [4.69, 9.17) is 9.84 Å². The maximum atomic E-state index is 12.1. The van der Waals surface area contributed by atoms with Gasteiger partial charge in [0.2, 0.25) is 0 Å². The fraction of sp³-hybridized carbons (Fsp3) is 0.105. The van der Waals surface area contributed by atoms with Crippen LogP contribution in [0.4, 0.5) is 0 Å². The lowest BCUT2D eigenvalue weighted by Gasteiger charge is -2.06. The van der Waals surface area contributed by atoms with Gasteiger partial charge in [0, 0.05) is 15.6 Å². The number of aliphatic hydroxyl groups excluding tert-OH is 1. The Hall–Kier alpha value is -2.97. The van der Waals surface area contributed by atoms with Crippen LogP contribution in [-0.2, 0) is 4.79 Å². The molecule has 0 bridgehead atoms. The Labute approximate surface area is 164 Å². The highest BCUT2D eigenvalue weighted by atomic mass is 79.9. The van der Waals surface area contributed by atoms with Gasteiger partial charge in [-0.3, -0.25) is 9.59 Å². The number of phenolic OH excluding ortho intramolecular Hbond substituents is 1. The fourth-order valence-corrected chi connectivity index (χ4v) is 2.52. The molecule has 7 nitrogen and oxygen atoms in total. The minimum Gasteiger partial charge on any atom is -0.504 e. The van der Waals surface area contributed by atoms with E-state index in [0.717, 1.165) is 0 Å². The summed E-state index contributed by atoms with van der Waals surface area (Å²) in [4.78, 5) is 23.1. The van der Waals surface area contributed by atoms with Crippen molar-refractivity contribution in [2.45, 2.75) is 0 Å². The lowest BCUT2D eigenvalue weighted by molar-refractivity contribution is -0.117. The molecule has 27 heavy (non-hydrogen) atoms. The number of phenols is 1. The molecule has 0 saturated heterocycles. The standard InChI is InChI=1S/C19H17BrN2O5/c1-27-17-9-15(20)8-14(18(17)25)10-21-22-19(26)13-5-2-12(3-6-13)4-7-16(24)11-23/h2-10,23,25H,11H2,1H3,(H,22,26)/b7-4+,21-10+. The van der Waals surface area contributed by atoms with Gasteiger partial charge >= 0.3 is 0 Å². The van der Waals surface area contributed by atoms with E-state index in [1.54, 1.807) is 42.5 Å². The number of methoxy groups -OCH3 is 1. The number of carbonyl (C=O) groups is 2. The number of ether oxygens (including phenoxy) is 1. The first-order valence-electron chi connectivity index (χ1n) is 7.76. The van der Waals surface area contributed by atoms with Crippen molar-refractivity contribution in [3.05, 3.63) is 63.6 Å². The second kappa shape index (κ2) is 9.65. The Morgan fingerprint density at radius 3 is 2.59 bits per heavy atom. The van der Waals surface area contributed by atoms with Gasteiger partial charge in [0.05, 0.1) is 13.3 Å². The highest BCUT2D eigenvalue weighted by Gasteiger charge is 2.09. The molecule has 0 aromatic heterocycles. The first-order valence-corrected chi connectivity index (χ1v) is 8.55. The number of hydrogen-bond acceptors (Lipinski definition) is 6. The zero-order valence-electron chi connectivity index (χ0n) is 14.3.